The summed E-state index contributed by atoms with van der Waals surface area (Å²) in [5, 5.41) is 0. The van der Waals surface area contributed by atoms with Crippen molar-refractivity contribution in [3.05, 3.63) is 166 Å². The third-order valence-electron chi connectivity index (χ3n) is 11.0. The van der Waals surface area contributed by atoms with Gasteiger partial charge in [0.15, 0.2) is 0 Å². The smallest absolute Gasteiger partial charge is 0.305 e. The molecular weight excluding hydrogens is 836 g/mol. The summed E-state index contributed by atoms with van der Waals surface area (Å²) < 4.78 is 0. The maximum absolute atomic E-state index is 4.98. The first-order valence-electron chi connectivity index (χ1n) is 19.1. The van der Waals surface area contributed by atoms with Gasteiger partial charge in [0.1, 0.15) is 0 Å². The summed E-state index contributed by atoms with van der Waals surface area (Å²) in [4.78, 5) is 9.96. The molecule has 0 unspecified atom stereocenters. The fraction of sp³-hybridized carbons (Fsp3) is 0.333. The number of hydrogen-bond donors (Lipinski definition) is 0. The molecule has 0 N–H and O–H groups in total. The van der Waals surface area contributed by atoms with Gasteiger partial charge in [0.2, 0.25) is 0 Å². The van der Waals surface area contributed by atoms with Gasteiger partial charge in [-0.2, -0.15) is 0 Å². The second-order valence-corrected chi connectivity index (χ2v) is 19.1. The van der Waals surface area contributed by atoms with Crippen molar-refractivity contribution in [2.24, 2.45) is 0 Å². The number of benzene rings is 4. The quantitative estimate of drug-likeness (QED) is 0.165. The number of rotatable bonds is 4. The Morgan fingerprint density at radius 1 is 0.426 bits per heavy atom. The van der Waals surface area contributed by atoms with E-state index in [2.05, 4.69) is 192 Å². The molecule has 278 valence electrons. The summed E-state index contributed by atoms with van der Waals surface area (Å²) >= 11 is 0. The van der Waals surface area contributed by atoms with Gasteiger partial charge in [-0.3, -0.25) is 0 Å². The van der Waals surface area contributed by atoms with Crippen LogP contribution >= 0.6 is 0 Å². The van der Waals surface area contributed by atoms with E-state index in [1.165, 1.54) is 44.5 Å². The first-order valence-corrected chi connectivity index (χ1v) is 19.1. The van der Waals surface area contributed by atoms with Crippen LogP contribution in [0, 0.1) is 12.1 Å². The second kappa shape index (κ2) is 13.9. The van der Waals surface area contributed by atoms with E-state index in [0.29, 0.717) is 0 Å². The summed E-state index contributed by atoms with van der Waals surface area (Å²) in [6.07, 6.45) is 3.91. The van der Waals surface area contributed by atoms with E-state index in [-0.39, 0.29) is 42.7 Å². The SMILES string of the molecule is CC(C)(C)c1cc(-c2cc(C(C)(C)C)ccn2)[c-]c(C2(c3[c-]c(-c4cc(C(C)(C)C)ccn4)cc(C(C)(C)C)c3)c3ccccc3-c3ccccc32)c1.[Pt+2]. The third-order valence-corrected chi connectivity index (χ3v) is 11.0. The zero-order valence-electron chi connectivity index (χ0n) is 34.1. The average Bonchev–Trinajstić information content (AvgIpc) is 3.41. The summed E-state index contributed by atoms with van der Waals surface area (Å²) in [7, 11) is 0. The minimum absolute atomic E-state index is 0. The van der Waals surface area contributed by atoms with Crippen molar-refractivity contribution in [3.63, 3.8) is 0 Å². The van der Waals surface area contributed by atoms with E-state index < -0.39 is 5.41 Å². The fourth-order valence-electron chi connectivity index (χ4n) is 7.74. The molecule has 0 atom stereocenters. The molecule has 1 aliphatic carbocycles. The molecular formula is C51H54N2Pt. The first-order chi connectivity index (χ1) is 24.8. The van der Waals surface area contributed by atoms with Gasteiger partial charge >= 0.3 is 21.1 Å². The molecule has 7 rings (SSSR count). The van der Waals surface area contributed by atoms with Crippen molar-refractivity contribution in [1.29, 1.82) is 0 Å². The van der Waals surface area contributed by atoms with Crippen molar-refractivity contribution >= 4 is 0 Å². The normalized spacial score (nSPS) is 13.9. The van der Waals surface area contributed by atoms with Crippen LogP contribution in [0.15, 0.2) is 109 Å². The fourth-order valence-corrected chi connectivity index (χ4v) is 7.74. The maximum Gasteiger partial charge on any atom is 2.00 e. The Labute approximate surface area is 339 Å². The van der Waals surface area contributed by atoms with Gasteiger partial charge in [-0.05, 0) is 78.6 Å². The van der Waals surface area contributed by atoms with E-state index in [9.17, 15) is 0 Å². The van der Waals surface area contributed by atoms with Gasteiger partial charge in [0, 0.05) is 17.8 Å². The second-order valence-electron chi connectivity index (χ2n) is 19.1. The number of fused-ring (bicyclic) bond motifs is 3. The predicted molar refractivity (Wildman–Crippen MR) is 223 cm³/mol. The molecule has 0 bridgehead atoms. The zero-order chi connectivity index (χ0) is 38.1. The van der Waals surface area contributed by atoms with Crippen LogP contribution in [0.25, 0.3) is 33.6 Å². The van der Waals surface area contributed by atoms with Crippen molar-refractivity contribution in [2.45, 2.75) is 110 Å². The Kier molecular flexibility index (Phi) is 10.2. The Hall–Kier alpha value is -4.13. The van der Waals surface area contributed by atoms with E-state index in [1.807, 2.05) is 12.4 Å². The molecule has 0 aliphatic heterocycles. The molecule has 0 fully saturated rings. The van der Waals surface area contributed by atoms with Gasteiger partial charge in [0.25, 0.3) is 0 Å². The summed E-state index contributed by atoms with van der Waals surface area (Å²) in [5.74, 6) is 0. The molecule has 0 radical (unpaired) electrons. The Balaban J connectivity index is 0.00000497. The molecule has 0 saturated heterocycles. The minimum atomic E-state index is -0.706. The molecule has 1 aliphatic rings. The number of nitrogens with zero attached hydrogens (tertiary/aromatic N) is 2. The molecule has 2 aromatic heterocycles. The zero-order valence-corrected chi connectivity index (χ0v) is 36.4. The minimum Gasteiger partial charge on any atom is -0.305 e. The predicted octanol–water partition coefficient (Wildman–Crippen LogP) is 13.0. The van der Waals surface area contributed by atoms with Crippen LogP contribution in [-0.4, -0.2) is 9.97 Å². The molecule has 0 spiro atoms. The van der Waals surface area contributed by atoms with Crippen LogP contribution < -0.4 is 0 Å². The molecule has 54 heavy (non-hydrogen) atoms. The standard InChI is InChI=1S/C51H54N2.Pt/c1-47(2,3)35-21-23-52-45(31-35)33-25-37(49(7,8)9)29-39(27-33)51(43-19-15-13-17-41(43)42-18-14-16-20-44(42)51)40-28-34(26-38(30-40)50(10,11)12)46-32-36(22-24-53-46)48(4,5)6;/h13-26,29-32H,1-12H3;/q-2;+2. The van der Waals surface area contributed by atoms with Crippen LogP contribution in [0.3, 0.4) is 0 Å². The van der Waals surface area contributed by atoms with Crippen LogP contribution in [0.4, 0.5) is 0 Å². The van der Waals surface area contributed by atoms with Crippen LogP contribution in [0.2, 0.25) is 0 Å². The van der Waals surface area contributed by atoms with Gasteiger partial charge in [0.05, 0.1) is 0 Å². The number of aromatic nitrogens is 2. The first kappa shape index (κ1) is 39.6. The largest absolute Gasteiger partial charge is 2.00 e. The van der Waals surface area contributed by atoms with Crippen molar-refractivity contribution in [2.75, 3.05) is 0 Å². The van der Waals surface area contributed by atoms with E-state index in [1.54, 1.807) is 0 Å². The van der Waals surface area contributed by atoms with Crippen LogP contribution in [-0.2, 0) is 48.1 Å². The molecule has 0 saturated carbocycles. The maximum atomic E-state index is 4.98. The molecule has 2 heterocycles. The van der Waals surface area contributed by atoms with Gasteiger partial charge in [-0.15, -0.1) is 69.8 Å². The molecule has 0 amide bonds. The van der Waals surface area contributed by atoms with Gasteiger partial charge in [-0.1, -0.05) is 144 Å². The van der Waals surface area contributed by atoms with Crippen molar-refractivity contribution in [3.8, 4) is 33.6 Å². The number of pyridine rings is 2. The topological polar surface area (TPSA) is 25.8 Å². The summed E-state index contributed by atoms with van der Waals surface area (Å²) in [6.45, 7) is 27.4. The van der Waals surface area contributed by atoms with E-state index in [0.717, 1.165) is 33.6 Å². The number of hydrogen-bond acceptors (Lipinski definition) is 2. The third kappa shape index (κ3) is 7.08. The van der Waals surface area contributed by atoms with E-state index in [4.69, 9.17) is 9.97 Å². The molecule has 4 aromatic carbocycles. The monoisotopic (exact) mass is 889 g/mol. The van der Waals surface area contributed by atoms with Crippen LogP contribution in [0.1, 0.15) is 128 Å². The van der Waals surface area contributed by atoms with Gasteiger partial charge in [-0.25, -0.2) is 0 Å². The van der Waals surface area contributed by atoms with Gasteiger partial charge < -0.3 is 9.97 Å². The Morgan fingerprint density at radius 3 is 1.13 bits per heavy atom. The summed E-state index contributed by atoms with van der Waals surface area (Å²) in [5.41, 5.74) is 15.1. The Bertz CT molecular complexity index is 2170. The van der Waals surface area contributed by atoms with Crippen molar-refractivity contribution in [1.82, 2.24) is 9.97 Å². The molecule has 6 aromatic rings. The van der Waals surface area contributed by atoms with Crippen LogP contribution in [0.5, 0.6) is 0 Å². The van der Waals surface area contributed by atoms with Crippen molar-refractivity contribution < 1.29 is 21.1 Å². The molecule has 2 nitrogen and oxygen atoms in total. The molecule has 3 heteroatoms. The Morgan fingerprint density at radius 2 is 0.778 bits per heavy atom. The summed E-state index contributed by atoms with van der Waals surface area (Å²) in [6, 6.07) is 44.2. The van der Waals surface area contributed by atoms with E-state index >= 15 is 0 Å². The average molecular weight is 890 g/mol.